The normalized spacial score (nSPS) is 15.2. The lowest BCUT2D eigenvalue weighted by Gasteiger charge is -2.29. The van der Waals surface area contributed by atoms with E-state index in [-0.39, 0.29) is 12.0 Å². The van der Waals surface area contributed by atoms with Crippen LogP contribution in [0, 0.1) is 11.6 Å². The number of ether oxygens (including phenoxy) is 1. The van der Waals surface area contributed by atoms with Crippen molar-refractivity contribution in [3.05, 3.63) is 35.4 Å². The van der Waals surface area contributed by atoms with E-state index >= 15 is 0 Å². The van der Waals surface area contributed by atoms with Crippen molar-refractivity contribution in [1.82, 2.24) is 5.32 Å². The van der Waals surface area contributed by atoms with E-state index in [1.807, 2.05) is 6.92 Å². The molecule has 0 aliphatic rings. The molecule has 3 unspecified atom stereocenters. The molecule has 0 aromatic heterocycles. The van der Waals surface area contributed by atoms with Crippen LogP contribution in [0.25, 0.3) is 0 Å². The molecule has 0 saturated heterocycles. The van der Waals surface area contributed by atoms with Gasteiger partial charge in [0.05, 0.1) is 12.1 Å². The molecule has 1 amide bonds. The van der Waals surface area contributed by atoms with E-state index in [1.54, 1.807) is 20.8 Å². The third-order valence-corrected chi connectivity index (χ3v) is 3.74. The van der Waals surface area contributed by atoms with E-state index in [0.29, 0.717) is 12.8 Å². The van der Waals surface area contributed by atoms with Crippen LogP contribution < -0.4 is 5.32 Å². The number of carbonyl (C=O) groups excluding carboxylic acids is 1. The third-order valence-electron chi connectivity index (χ3n) is 3.74. The SMILES string of the molecule is CCCCC(O)C(O)C(Cc1cc(F)cc(F)c1)NC(=O)OC(C)(C)C. The zero-order valence-corrected chi connectivity index (χ0v) is 15.8. The highest BCUT2D eigenvalue weighted by atomic mass is 19.1. The fourth-order valence-electron chi connectivity index (χ4n) is 2.55. The molecule has 5 nitrogen and oxygen atoms in total. The molecule has 0 aliphatic heterocycles. The van der Waals surface area contributed by atoms with E-state index < -0.39 is 41.6 Å². The van der Waals surface area contributed by atoms with Crippen LogP contribution in [0.15, 0.2) is 18.2 Å². The number of rotatable bonds is 8. The zero-order valence-electron chi connectivity index (χ0n) is 15.8. The number of benzene rings is 1. The molecule has 0 spiro atoms. The highest BCUT2D eigenvalue weighted by Gasteiger charge is 2.29. The number of halogens is 2. The zero-order chi connectivity index (χ0) is 19.9. The molecule has 1 rings (SSSR count). The molecule has 0 aliphatic carbocycles. The quantitative estimate of drug-likeness (QED) is 0.653. The first-order valence-corrected chi connectivity index (χ1v) is 8.82. The predicted octanol–water partition coefficient (Wildman–Crippen LogP) is 3.31. The summed E-state index contributed by atoms with van der Waals surface area (Å²) in [6.45, 7) is 7.02. The van der Waals surface area contributed by atoms with Crippen LogP contribution in [0.4, 0.5) is 13.6 Å². The van der Waals surface area contributed by atoms with Gasteiger partial charge in [0.1, 0.15) is 23.3 Å². The van der Waals surface area contributed by atoms with Crippen molar-refractivity contribution in [2.45, 2.75) is 77.2 Å². The number of carbonyl (C=O) groups is 1. The van der Waals surface area contributed by atoms with Crippen LogP contribution in [0.3, 0.4) is 0 Å². The molecule has 1 aromatic carbocycles. The third kappa shape index (κ3) is 8.10. The van der Waals surface area contributed by atoms with Crippen molar-refractivity contribution in [1.29, 1.82) is 0 Å². The lowest BCUT2D eigenvalue weighted by Crippen LogP contribution is -2.51. The lowest BCUT2D eigenvalue weighted by atomic mass is 9.95. The Balaban J connectivity index is 2.94. The first-order valence-electron chi connectivity index (χ1n) is 8.82. The van der Waals surface area contributed by atoms with Crippen molar-refractivity contribution in [2.24, 2.45) is 0 Å². The van der Waals surface area contributed by atoms with Gasteiger partial charge in [0.15, 0.2) is 0 Å². The number of aliphatic hydroxyl groups excluding tert-OH is 2. The number of alkyl carbamates (subject to hydrolysis) is 1. The van der Waals surface area contributed by atoms with Gasteiger partial charge in [-0.1, -0.05) is 19.8 Å². The second-order valence-electron chi connectivity index (χ2n) is 7.43. The Labute approximate surface area is 153 Å². The van der Waals surface area contributed by atoms with Crippen LogP contribution in [0.5, 0.6) is 0 Å². The summed E-state index contributed by atoms with van der Waals surface area (Å²) in [4.78, 5) is 12.1. The summed E-state index contributed by atoms with van der Waals surface area (Å²) >= 11 is 0. The topological polar surface area (TPSA) is 78.8 Å². The van der Waals surface area contributed by atoms with Gasteiger partial charge in [-0.05, 0) is 51.3 Å². The summed E-state index contributed by atoms with van der Waals surface area (Å²) in [6.07, 6.45) is -1.33. The Hall–Kier alpha value is -1.73. The highest BCUT2D eigenvalue weighted by molar-refractivity contribution is 5.68. The molecule has 0 heterocycles. The van der Waals surface area contributed by atoms with Crippen molar-refractivity contribution < 1.29 is 28.5 Å². The number of hydrogen-bond acceptors (Lipinski definition) is 4. The van der Waals surface area contributed by atoms with Crippen LogP contribution >= 0.6 is 0 Å². The summed E-state index contributed by atoms with van der Waals surface area (Å²) in [5.41, 5.74) is -0.490. The maximum Gasteiger partial charge on any atom is 0.407 e. The first kappa shape index (κ1) is 22.3. The minimum Gasteiger partial charge on any atom is -0.444 e. The lowest BCUT2D eigenvalue weighted by molar-refractivity contribution is -0.0134. The number of nitrogens with one attached hydrogen (secondary N) is 1. The molecule has 26 heavy (non-hydrogen) atoms. The maximum absolute atomic E-state index is 13.4. The summed E-state index contributed by atoms with van der Waals surface area (Å²) in [6, 6.07) is 2.03. The fraction of sp³-hybridized carbons (Fsp3) is 0.632. The smallest absolute Gasteiger partial charge is 0.407 e. The minimum atomic E-state index is -1.31. The van der Waals surface area contributed by atoms with Gasteiger partial charge in [0.2, 0.25) is 0 Å². The van der Waals surface area contributed by atoms with Gasteiger partial charge in [-0.2, -0.15) is 0 Å². The fourth-order valence-corrected chi connectivity index (χ4v) is 2.55. The van der Waals surface area contributed by atoms with E-state index in [0.717, 1.165) is 24.6 Å². The molecule has 0 saturated carbocycles. The molecule has 0 bridgehead atoms. The Kier molecular flexibility index (Phi) is 8.43. The summed E-state index contributed by atoms with van der Waals surface area (Å²) in [5, 5.41) is 23.1. The van der Waals surface area contributed by atoms with E-state index in [4.69, 9.17) is 4.74 Å². The Bertz CT molecular complexity index is 569. The Morgan fingerprint density at radius 1 is 1.19 bits per heavy atom. The summed E-state index contributed by atoms with van der Waals surface area (Å²) < 4.78 is 32.0. The van der Waals surface area contributed by atoms with Gasteiger partial charge in [0.25, 0.3) is 0 Å². The molecule has 3 atom stereocenters. The summed E-state index contributed by atoms with van der Waals surface area (Å²) in [5.74, 6) is -1.51. The molecule has 3 N–H and O–H groups in total. The van der Waals surface area contributed by atoms with Crippen LogP contribution in [-0.4, -0.2) is 40.2 Å². The summed E-state index contributed by atoms with van der Waals surface area (Å²) in [7, 11) is 0. The van der Waals surface area contributed by atoms with Crippen LogP contribution in [0.1, 0.15) is 52.5 Å². The molecular weight excluding hydrogens is 344 g/mol. The van der Waals surface area contributed by atoms with Crippen molar-refractivity contribution >= 4 is 6.09 Å². The van der Waals surface area contributed by atoms with Crippen molar-refractivity contribution in [3.63, 3.8) is 0 Å². The molecular formula is C19H29F2NO4. The molecule has 148 valence electrons. The van der Waals surface area contributed by atoms with Gasteiger partial charge in [0, 0.05) is 6.07 Å². The van der Waals surface area contributed by atoms with E-state index in [2.05, 4.69) is 5.32 Å². The maximum atomic E-state index is 13.4. The second kappa shape index (κ2) is 9.83. The average Bonchev–Trinajstić information content (AvgIpc) is 2.48. The van der Waals surface area contributed by atoms with Gasteiger partial charge in [-0.15, -0.1) is 0 Å². The second-order valence-corrected chi connectivity index (χ2v) is 7.43. The van der Waals surface area contributed by atoms with Crippen molar-refractivity contribution in [2.75, 3.05) is 0 Å². The molecule has 0 radical (unpaired) electrons. The minimum absolute atomic E-state index is 0.0573. The van der Waals surface area contributed by atoms with Gasteiger partial charge >= 0.3 is 6.09 Å². The Morgan fingerprint density at radius 2 is 1.77 bits per heavy atom. The molecule has 0 fully saturated rings. The predicted molar refractivity (Wildman–Crippen MR) is 94.8 cm³/mol. The number of aliphatic hydroxyl groups is 2. The monoisotopic (exact) mass is 373 g/mol. The van der Waals surface area contributed by atoms with Gasteiger partial charge in [-0.25, -0.2) is 13.6 Å². The van der Waals surface area contributed by atoms with Gasteiger partial charge in [-0.3, -0.25) is 0 Å². The first-order chi connectivity index (χ1) is 12.0. The van der Waals surface area contributed by atoms with E-state index in [1.165, 1.54) is 0 Å². The van der Waals surface area contributed by atoms with Gasteiger partial charge < -0.3 is 20.3 Å². The number of unbranched alkanes of at least 4 members (excludes halogenated alkanes) is 1. The van der Waals surface area contributed by atoms with Crippen LogP contribution in [-0.2, 0) is 11.2 Å². The molecule has 7 heteroatoms. The molecule has 1 aromatic rings. The standard InChI is InChI=1S/C19H29F2NO4/c1-5-6-7-16(23)17(24)15(22-18(25)26-19(2,3)4)10-12-8-13(20)11-14(21)9-12/h8-9,11,15-17,23-24H,5-7,10H2,1-4H3,(H,22,25). The number of hydrogen-bond donors (Lipinski definition) is 3. The largest absolute Gasteiger partial charge is 0.444 e. The van der Waals surface area contributed by atoms with Crippen molar-refractivity contribution in [3.8, 4) is 0 Å². The highest BCUT2D eigenvalue weighted by Crippen LogP contribution is 2.16. The average molecular weight is 373 g/mol. The van der Waals surface area contributed by atoms with E-state index in [9.17, 15) is 23.8 Å². The van der Waals surface area contributed by atoms with Crippen LogP contribution in [0.2, 0.25) is 0 Å². The number of amides is 1. The Morgan fingerprint density at radius 3 is 2.27 bits per heavy atom.